The summed E-state index contributed by atoms with van der Waals surface area (Å²) in [4.78, 5) is 33.2. The minimum atomic E-state index is -0.444. The highest BCUT2D eigenvalue weighted by molar-refractivity contribution is 5.98. The smallest absolute Gasteiger partial charge is 0.259 e. The minimum absolute atomic E-state index is 0.0420. The SMILES string of the molecule is COCC(=O)N(C)C[C@@H]1Oc2ncc(-c3ccc(F)cc3)cc2C(=O)N([C@@H](C)CO)C[C@H]1C. The van der Waals surface area contributed by atoms with E-state index >= 15 is 0 Å². The molecule has 1 aliphatic rings. The van der Waals surface area contributed by atoms with E-state index in [2.05, 4.69) is 4.98 Å². The highest BCUT2D eigenvalue weighted by atomic mass is 19.1. The maximum Gasteiger partial charge on any atom is 0.259 e. The summed E-state index contributed by atoms with van der Waals surface area (Å²) in [5.41, 5.74) is 1.60. The molecule has 1 aliphatic heterocycles. The van der Waals surface area contributed by atoms with E-state index in [9.17, 15) is 19.1 Å². The van der Waals surface area contributed by atoms with Gasteiger partial charge in [0.1, 0.15) is 24.1 Å². The van der Waals surface area contributed by atoms with Crippen LogP contribution in [0, 0.1) is 11.7 Å². The molecule has 2 aromatic rings. The predicted molar refractivity (Wildman–Crippen MR) is 120 cm³/mol. The Kier molecular flexibility index (Phi) is 7.99. The summed E-state index contributed by atoms with van der Waals surface area (Å²) < 4.78 is 24.5. The van der Waals surface area contributed by atoms with Gasteiger partial charge >= 0.3 is 0 Å². The average Bonchev–Trinajstić information content (AvgIpc) is 2.81. The fourth-order valence-electron chi connectivity index (χ4n) is 3.73. The molecule has 0 saturated carbocycles. The molecule has 8 nitrogen and oxygen atoms in total. The summed E-state index contributed by atoms with van der Waals surface area (Å²) in [5.74, 6) is -0.842. The van der Waals surface area contributed by atoms with Crippen LogP contribution in [0.4, 0.5) is 4.39 Å². The first-order chi connectivity index (χ1) is 15.7. The highest BCUT2D eigenvalue weighted by Crippen LogP contribution is 2.30. The van der Waals surface area contributed by atoms with Crippen molar-refractivity contribution in [3.63, 3.8) is 0 Å². The van der Waals surface area contributed by atoms with E-state index in [0.717, 1.165) is 0 Å². The van der Waals surface area contributed by atoms with Gasteiger partial charge in [-0.3, -0.25) is 9.59 Å². The van der Waals surface area contributed by atoms with Crippen LogP contribution in [0.15, 0.2) is 36.5 Å². The Morgan fingerprint density at radius 3 is 2.70 bits per heavy atom. The lowest BCUT2D eigenvalue weighted by Crippen LogP contribution is -2.50. The van der Waals surface area contributed by atoms with Crippen molar-refractivity contribution in [3.8, 4) is 17.0 Å². The fourth-order valence-corrected chi connectivity index (χ4v) is 3.73. The van der Waals surface area contributed by atoms with Gasteiger partial charge in [-0.25, -0.2) is 9.37 Å². The topological polar surface area (TPSA) is 92.2 Å². The standard InChI is InChI=1S/C24H30FN3O5/c1-15-11-28(16(2)13-29)24(31)20-9-18(17-5-7-19(25)8-6-17)10-26-23(20)33-21(15)12-27(3)22(30)14-32-4/h5-10,15-16,21,29H,11-14H2,1-4H3/t15-,16+,21+/m1/s1. The Hall–Kier alpha value is -3.04. The molecule has 9 heteroatoms. The van der Waals surface area contributed by atoms with E-state index in [1.807, 2.05) is 6.92 Å². The number of carbonyl (C=O) groups is 2. The summed E-state index contributed by atoms with van der Waals surface area (Å²) in [6.07, 6.45) is 1.13. The van der Waals surface area contributed by atoms with Gasteiger partial charge in [0.05, 0.1) is 19.2 Å². The maximum absolute atomic E-state index is 13.4. The number of carbonyl (C=O) groups excluding carboxylic acids is 2. The zero-order chi connectivity index (χ0) is 24.1. The summed E-state index contributed by atoms with van der Waals surface area (Å²) in [6.45, 7) is 4.07. The third-order valence-corrected chi connectivity index (χ3v) is 5.85. The van der Waals surface area contributed by atoms with Crippen molar-refractivity contribution < 1.29 is 28.6 Å². The number of halogens is 1. The molecule has 1 aromatic heterocycles. The van der Waals surface area contributed by atoms with Gasteiger partial charge in [0, 0.05) is 38.4 Å². The average molecular weight is 460 g/mol. The molecule has 0 aliphatic carbocycles. The number of ether oxygens (including phenoxy) is 2. The molecule has 1 N–H and O–H groups in total. The molecule has 33 heavy (non-hydrogen) atoms. The summed E-state index contributed by atoms with van der Waals surface area (Å²) in [7, 11) is 3.13. The van der Waals surface area contributed by atoms with Gasteiger partial charge in [-0.15, -0.1) is 0 Å². The second-order valence-electron chi connectivity index (χ2n) is 8.41. The minimum Gasteiger partial charge on any atom is -0.472 e. The molecule has 3 atom stereocenters. The molecule has 2 heterocycles. The van der Waals surface area contributed by atoms with Crippen LogP contribution in [0.5, 0.6) is 5.88 Å². The lowest BCUT2D eigenvalue weighted by atomic mass is 9.99. The number of aliphatic hydroxyl groups excluding tert-OH is 1. The Morgan fingerprint density at radius 2 is 2.06 bits per heavy atom. The van der Waals surface area contributed by atoms with Crippen LogP contribution in [0.3, 0.4) is 0 Å². The van der Waals surface area contributed by atoms with Crippen LogP contribution < -0.4 is 4.74 Å². The second-order valence-corrected chi connectivity index (χ2v) is 8.41. The Balaban J connectivity index is 2.00. The maximum atomic E-state index is 13.4. The van der Waals surface area contributed by atoms with Gasteiger partial charge in [-0.1, -0.05) is 19.1 Å². The van der Waals surface area contributed by atoms with Gasteiger partial charge in [0.25, 0.3) is 5.91 Å². The molecular weight excluding hydrogens is 429 g/mol. The number of benzene rings is 1. The van der Waals surface area contributed by atoms with Crippen molar-refractivity contribution in [2.24, 2.45) is 5.92 Å². The first-order valence-corrected chi connectivity index (χ1v) is 10.8. The first-order valence-electron chi connectivity index (χ1n) is 10.8. The lowest BCUT2D eigenvalue weighted by Gasteiger charge is -2.37. The van der Waals surface area contributed by atoms with E-state index in [1.54, 1.807) is 43.3 Å². The quantitative estimate of drug-likeness (QED) is 0.683. The van der Waals surface area contributed by atoms with Gasteiger partial charge in [-0.2, -0.15) is 0 Å². The second kappa shape index (κ2) is 10.7. The van der Waals surface area contributed by atoms with Crippen molar-refractivity contribution in [2.75, 3.05) is 40.5 Å². The zero-order valence-electron chi connectivity index (χ0n) is 19.3. The van der Waals surface area contributed by atoms with Crippen molar-refractivity contribution >= 4 is 11.8 Å². The summed E-state index contributed by atoms with van der Waals surface area (Å²) in [6, 6.07) is 7.16. The third kappa shape index (κ3) is 5.66. The number of hydrogen-bond acceptors (Lipinski definition) is 6. The van der Waals surface area contributed by atoms with Crippen molar-refractivity contribution in [1.29, 1.82) is 0 Å². The van der Waals surface area contributed by atoms with Gasteiger partial charge in [0.15, 0.2) is 0 Å². The van der Waals surface area contributed by atoms with E-state index in [0.29, 0.717) is 17.7 Å². The molecule has 0 saturated heterocycles. The number of aromatic nitrogens is 1. The highest BCUT2D eigenvalue weighted by Gasteiger charge is 2.34. The number of methoxy groups -OCH3 is 1. The van der Waals surface area contributed by atoms with Crippen LogP contribution in [-0.2, 0) is 9.53 Å². The summed E-state index contributed by atoms with van der Waals surface area (Å²) >= 11 is 0. The Bertz CT molecular complexity index is 985. The van der Waals surface area contributed by atoms with Crippen LogP contribution in [-0.4, -0.2) is 84.3 Å². The number of amides is 2. The van der Waals surface area contributed by atoms with E-state index in [1.165, 1.54) is 24.1 Å². The summed E-state index contributed by atoms with van der Waals surface area (Å²) in [5, 5.41) is 9.76. The largest absolute Gasteiger partial charge is 0.472 e. The number of fused-ring (bicyclic) bond motifs is 1. The number of likely N-dealkylation sites (N-methyl/N-ethyl adjacent to an activating group) is 1. The van der Waals surface area contributed by atoms with Gasteiger partial charge in [-0.05, 0) is 30.7 Å². The normalized spacial score (nSPS) is 19.2. The van der Waals surface area contributed by atoms with Crippen molar-refractivity contribution in [1.82, 2.24) is 14.8 Å². The molecule has 0 radical (unpaired) electrons. The monoisotopic (exact) mass is 459 g/mol. The van der Waals surface area contributed by atoms with Crippen LogP contribution in [0.25, 0.3) is 11.1 Å². The molecule has 0 spiro atoms. The Morgan fingerprint density at radius 1 is 1.36 bits per heavy atom. The lowest BCUT2D eigenvalue weighted by molar-refractivity contribution is -0.135. The number of aliphatic hydroxyl groups is 1. The molecule has 0 fully saturated rings. The third-order valence-electron chi connectivity index (χ3n) is 5.85. The van der Waals surface area contributed by atoms with E-state index in [4.69, 9.17) is 9.47 Å². The molecule has 1 aromatic carbocycles. The van der Waals surface area contributed by atoms with Crippen LogP contribution in [0.2, 0.25) is 0 Å². The van der Waals surface area contributed by atoms with Gasteiger partial charge in [0.2, 0.25) is 11.8 Å². The van der Waals surface area contributed by atoms with Crippen LogP contribution >= 0.6 is 0 Å². The zero-order valence-corrected chi connectivity index (χ0v) is 19.3. The molecule has 0 unspecified atom stereocenters. The van der Waals surface area contributed by atoms with Crippen molar-refractivity contribution in [3.05, 3.63) is 47.9 Å². The molecule has 2 amide bonds. The predicted octanol–water partition coefficient (Wildman–Crippen LogP) is 2.21. The molecule has 178 valence electrons. The molecule has 3 rings (SSSR count). The van der Waals surface area contributed by atoms with E-state index < -0.39 is 12.1 Å². The Labute approximate surface area is 192 Å². The fraction of sp³-hybridized carbons (Fsp3) is 0.458. The number of nitrogens with zero attached hydrogens (tertiary/aromatic N) is 3. The number of rotatable bonds is 7. The first kappa shape index (κ1) is 24.6. The van der Waals surface area contributed by atoms with E-state index in [-0.39, 0.29) is 54.8 Å². The number of pyridine rings is 1. The van der Waals surface area contributed by atoms with Gasteiger partial charge < -0.3 is 24.4 Å². The van der Waals surface area contributed by atoms with Crippen molar-refractivity contribution in [2.45, 2.75) is 26.0 Å². The number of hydrogen-bond donors (Lipinski definition) is 1. The molecular formula is C24H30FN3O5. The molecule has 0 bridgehead atoms. The van der Waals surface area contributed by atoms with Crippen LogP contribution in [0.1, 0.15) is 24.2 Å².